The molecule has 2 aromatic carbocycles. The molecule has 0 unspecified atom stereocenters. The molecule has 1 N–H and O–H groups in total. The van der Waals surface area contributed by atoms with Crippen LogP contribution in [0.3, 0.4) is 0 Å². The maximum absolute atomic E-state index is 12.6. The minimum atomic E-state index is -0.735. The third-order valence-corrected chi connectivity index (χ3v) is 4.15. The van der Waals surface area contributed by atoms with E-state index in [4.69, 9.17) is 14.2 Å². The number of ether oxygens (including phenoxy) is 3. The fourth-order valence-corrected chi connectivity index (χ4v) is 2.75. The first-order valence-electron chi connectivity index (χ1n) is 8.34. The summed E-state index contributed by atoms with van der Waals surface area (Å²) < 4.78 is 16.4. The fourth-order valence-electron chi connectivity index (χ4n) is 2.75. The summed E-state index contributed by atoms with van der Waals surface area (Å²) in [6, 6.07) is 8.94. The van der Waals surface area contributed by atoms with Crippen molar-refractivity contribution in [3.05, 3.63) is 47.0 Å². The molecule has 0 aromatic heterocycles. The number of hydrogen-bond acceptors (Lipinski definition) is 5. The summed E-state index contributed by atoms with van der Waals surface area (Å²) in [6.45, 7) is 7.11. The summed E-state index contributed by atoms with van der Waals surface area (Å²) in [6.07, 6.45) is -0.735. The molecule has 1 amide bonds. The number of amides is 1. The first-order valence-corrected chi connectivity index (χ1v) is 8.34. The number of rotatable bonds is 5. The Balaban J connectivity index is 1.78. The van der Waals surface area contributed by atoms with Gasteiger partial charge in [-0.25, -0.2) is 0 Å². The predicted octanol–water partition coefficient (Wildman–Crippen LogP) is 3.64. The molecule has 0 aliphatic carbocycles. The highest BCUT2D eigenvalue weighted by atomic mass is 16.7. The highest BCUT2D eigenvalue weighted by Crippen LogP contribution is 2.37. The normalized spacial score (nSPS) is 13.2. The molecule has 3 rings (SSSR count). The second-order valence-electron chi connectivity index (χ2n) is 6.33. The monoisotopic (exact) mass is 355 g/mol. The van der Waals surface area contributed by atoms with Gasteiger partial charge in [-0.05, 0) is 45.4 Å². The molecule has 1 aliphatic heterocycles. The van der Waals surface area contributed by atoms with Gasteiger partial charge in [0.15, 0.2) is 23.4 Å². The summed E-state index contributed by atoms with van der Waals surface area (Å²) in [5, 5.41) is 2.75. The third-order valence-electron chi connectivity index (χ3n) is 4.15. The van der Waals surface area contributed by atoms with E-state index in [0.29, 0.717) is 28.5 Å². The van der Waals surface area contributed by atoms with Gasteiger partial charge in [-0.2, -0.15) is 0 Å². The van der Waals surface area contributed by atoms with Crippen LogP contribution in [0.5, 0.6) is 17.2 Å². The van der Waals surface area contributed by atoms with Crippen molar-refractivity contribution in [1.82, 2.24) is 0 Å². The molecule has 0 fully saturated rings. The SMILES string of the molecule is CC(=O)c1cc2c(cc1NC(=O)[C@H](C)Oc1ccc(C)cc1C)OCO2. The van der Waals surface area contributed by atoms with E-state index in [-0.39, 0.29) is 18.5 Å². The van der Waals surface area contributed by atoms with Gasteiger partial charge in [0.25, 0.3) is 5.91 Å². The zero-order valence-corrected chi connectivity index (χ0v) is 15.2. The van der Waals surface area contributed by atoms with Crippen LogP contribution in [0.15, 0.2) is 30.3 Å². The summed E-state index contributed by atoms with van der Waals surface area (Å²) in [4.78, 5) is 24.5. The molecule has 1 heterocycles. The topological polar surface area (TPSA) is 73.9 Å². The van der Waals surface area contributed by atoms with Gasteiger partial charge in [0.2, 0.25) is 6.79 Å². The highest BCUT2D eigenvalue weighted by molar-refractivity contribution is 6.05. The quantitative estimate of drug-likeness (QED) is 0.829. The van der Waals surface area contributed by atoms with Crippen LogP contribution in [0.4, 0.5) is 5.69 Å². The highest BCUT2D eigenvalue weighted by Gasteiger charge is 2.23. The molecule has 6 heteroatoms. The van der Waals surface area contributed by atoms with E-state index in [2.05, 4.69) is 5.32 Å². The number of benzene rings is 2. The largest absolute Gasteiger partial charge is 0.481 e. The first kappa shape index (κ1) is 17.8. The van der Waals surface area contributed by atoms with E-state index in [0.717, 1.165) is 11.1 Å². The van der Waals surface area contributed by atoms with E-state index in [1.807, 2.05) is 32.0 Å². The summed E-state index contributed by atoms with van der Waals surface area (Å²) in [7, 11) is 0. The summed E-state index contributed by atoms with van der Waals surface area (Å²) >= 11 is 0. The van der Waals surface area contributed by atoms with E-state index < -0.39 is 6.10 Å². The Morgan fingerprint density at radius 3 is 2.46 bits per heavy atom. The van der Waals surface area contributed by atoms with Gasteiger partial charge >= 0.3 is 0 Å². The minimum Gasteiger partial charge on any atom is -0.481 e. The fraction of sp³-hybridized carbons (Fsp3) is 0.300. The Bertz CT molecular complexity index is 875. The standard InChI is InChI=1S/C20H21NO5/c1-11-5-6-17(12(2)7-11)26-14(4)20(23)21-16-9-19-18(24-10-25-19)8-15(16)13(3)22/h5-9,14H,10H2,1-4H3,(H,21,23)/t14-/m0/s1. The van der Waals surface area contributed by atoms with Crippen LogP contribution in [0.25, 0.3) is 0 Å². The van der Waals surface area contributed by atoms with Gasteiger partial charge < -0.3 is 19.5 Å². The van der Waals surface area contributed by atoms with E-state index in [1.165, 1.54) is 6.92 Å². The number of ketones is 1. The molecule has 26 heavy (non-hydrogen) atoms. The lowest BCUT2D eigenvalue weighted by Crippen LogP contribution is -2.30. The Labute approximate surface area is 152 Å². The molecule has 0 radical (unpaired) electrons. The molecule has 1 aliphatic rings. The minimum absolute atomic E-state index is 0.0935. The molecule has 1 atom stereocenters. The van der Waals surface area contributed by atoms with Gasteiger partial charge in [0, 0.05) is 11.6 Å². The Morgan fingerprint density at radius 1 is 1.12 bits per heavy atom. The van der Waals surface area contributed by atoms with Crippen molar-refractivity contribution < 1.29 is 23.8 Å². The number of Topliss-reactive ketones (excluding diaryl/α,β-unsaturated/α-hetero) is 1. The van der Waals surface area contributed by atoms with Crippen molar-refractivity contribution >= 4 is 17.4 Å². The van der Waals surface area contributed by atoms with Crippen molar-refractivity contribution in [3.8, 4) is 17.2 Å². The van der Waals surface area contributed by atoms with Gasteiger partial charge in [-0.3, -0.25) is 9.59 Å². The second kappa shape index (κ2) is 7.07. The smallest absolute Gasteiger partial charge is 0.265 e. The molecule has 2 aromatic rings. The third kappa shape index (κ3) is 3.64. The number of fused-ring (bicyclic) bond motifs is 1. The lowest BCUT2D eigenvalue weighted by atomic mass is 10.1. The van der Waals surface area contributed by atoms with Crippen molar-refractivity contribution in [2.45, 2.75) is 33.8 Å². The first-order chi connectivity index (χ1) is 12.3. The summed E-state index contributed by atoms with van der Waals surface area (Å²) in [5.41, 5.74) is 2.82. The average molecular weight is 355 g/mol. The number of nitrogens with one attached hydrogen (secondary N) is 1. The van der Waals surface area contributed by atoms with Crippen LogP contribution in [-0.4, -0.2) is 24.6 Å². The zero-order valence-electron chi connectivity index (χ0n) is 15.2. The van der Waals surface area contributed by atoms with Crippen LogP contribution in [0.1, 0.15) is 35.3 Å². The number of carbonyl (C=O) groups excluding carboxylic acids is 2. The van der Waals surface area contributed by atoms with Gasteiger partial charge in [0.05, 0.1) is 5.69 Å². The van der Waals surface area contributed by atoms with Gasteiger partial charge in [-0.1, -0.05) is 17.7 Å². The number of hydrogen-bond donors (Lipinski definition) is 1. The maximum Gasteiger partial charge on any atom is 0.265 e. The van der Waals surface area contributed by atoms with Crippen LogP contribution in [-0.2, 0) is 4.79 Å². The average Bonchev–Trinajstić information content (AvgIpc) is 3.03. The molecular weight excluding hydrogens is 334 g/mol. The maximum atomic E-state index is 12.6. The Hall–Kier alpha value is -3.02. The molecule has 0 bridgehead atoms. The second-order valence-corrected chi connectivity index (χ2v) is 6.33. The van der Waals surface area contributed by atoms with Crippen LogP contribution < -0.4 is 19.5 Å². The number of anilines is 1. The molecule has 0 spiro atoms. The van der Waals surface area contributed by atoms with Crippen LogP contribution in [0.2, 0.25) is 0 Å². The van der Waals surface area contributed by atoms with Crippen molar-refractivity contribution in [2.75, 3.05) is 12.1 Å². The van der Waals surface area contributed by atoms with Crippen LogP contribution >= 0.6 is 0 Å². The number of aryl methyl sites for hydroxylation is 2. The van der Waals surface area contributed by atoms with E-state index >= 15 is 0 Å². The molecule has 0 saturated heterocycles. The molecule has 136 valence electrons. The summed E-state index contributed by atoms with van der Waals surface area (Å²) in [5.74, 6) is 1.10. The van der Waals surface area contributed by atoms with Crippen LogP contribution in [0, 0.1) is 13.8 Å². The van der Waals surface area contributed by atoms with Gasteiger partial charge in [-0.15, -0.1) is 0 Å². The lowest BCUT2D eigenvalue weighted by molar-refractivity contribution is -0.122. The van der Waals surface area contributed by atoms with Gasteiger partial charge in [0.1, 0.15) is 5.75 Å². The Morgan fingerprint density at radius 2 is 1.81 bits per heavy atom. The van der Waals surface area contributed by atoms with E-state index in [1.54, 1.807) is 19.1 Å². The molecule has 6 nitrogen and oxygen atoms in total. The molecular formula is C20H21NO5. The van der Waals surface area contributed by atoms with Crippen molar-refractivity contribution in [2.24, 2.45) is 0 Å². The van der Waals surface area contributed by atoms with Crippen molar-refractivity contribution in [1.29, 1.82) is 0 Å². The number of carbonyl (C=O) groups is 2. The zero-order chi connectivity index (χ0) is 18.8. The predicted molar refractivity (Wildman–Crippen MR) is 97.2 cm³/mol. The van der Waals surface area contributed by atoms with E-state index in [9.17, 15) is 9.59 Å². The van der Waals surface area contributed by atoms with Crippen molar-refractivity contribution in [3.63, 3.8) is 0 Å². The lowest BCUT2D eigenvalue weighted by Gasteiger charge is -2.17. The molecule has 0 saturated carbocycles. The Kier molecular flexibility index (Phi) is 4.84.